The zero-order chi connectivity index (χ0) is 15.6. The highest BCUT2D eigenvalue weighted by atomic mass is 32.2. The fraction of sp³-hybridized carbons (Fsp3) is 0.286. The molecule has 1 heterocycles. The van der Waals surface area contributed by atoms with Gasteiger partial charge in [-0.1, -0.05) is 18.2 Å². The number of pyridine rings is 1. The predicted molar refractivity (Wildman–Crippen MR) is 82.8 cm³/mol. The molecule has 0 unspecified atom stereocenters. The number of nitrogens with two attached hydrogens (primary N) is 1. The van der Waals surface area contributed by atoms with E-state index < -0.39 is 9.84 Å². The molecule has 0 aliphatic rings. The second kappa shape index (κ2) is 5.69. The van der Waals surface area contributed by atoms with Crippen molar-refractivity contribution in [3.63, 3.8) is 0 Å². The first-order valence-corrected chi connectivity index (χ1v) is 8.42. The van der Waals surface area contributed by atoms with Gasteiger partial charge in [0.2, 0.25) is 0 Å². The quantitative estimate of drug-likeness (QED) is 0.907. The van der Waals surface area contributed by atoms with Gasteiger partial charge >= 0.3 is 0 Å². The third-order valence-electron chi connectivity index (χ3n) is 3.11. The zero-order valence-corrected chi connectivity index (χ0v) is 12.7. The van der Waals surface area contributed by atoms with Crippen LogP contribution in [0.5, 0.6) is 0 Å². The standard InChI is InChI=1S/C14H17N3O3S/c1-17(7-8-21(2,19)20)14(18)13-9-11(15)10-5-3-4-6-12(10)16-13/h3-6,9H,7-8H2,1-2H3,(H2,15,16). The van der Waals surface area contributed by atoms with Gasteiger partial charge < -0.3 is 10.6 Å². The molecule has 0 radical (unpaired) electrons. The summed E-state index contributed by atoms with van der Waals surface area (Å²) in [6.07, 6.45) is 1.14. The Morgan fingerprint density at radius 1 is 1.33 bits per heavy atom. The van der Waals surface area contributed by atoms with Crippen LogP contribution in [0.3, 0.4) is 0 Å². The van der Waals surface area contributed by atoms with Gasteiger partial charge in [0, 0.05) is 30.9 Å². The zero-order valence-electron chi connectivity index (χ0n) is 11.9. The van der Waals surface area contributed by atoms with Crippen molar-refractivity contribution in [2.24, 2.45) is 0 Å². The van der Waals surface area contributed by atoms with E-state index in [2.05, 4.69) is 4.98 Å². The molecule has 1 aromatic heterocycles. The molecule has 2 rings (SSSR count). The number of carbonyl (C=O) groups is 1. The number of hydrogen-bond acceptors (Lipinski definition) is 5. The number of para-hydroxylation sites is 1. The molecule has 112 valence electrons. The fourth-order valence-corrected chi connectivity index (χ4v) is 2.52. The van der Waals surface area contributed by atoms with Crippen molar-refractivity contribution >= 4 is 32.3 Å². The Balaban J connectivity index is 2.27. The van der Waals surface area contributed by atoms with E-state index in [0.717, 1.165) is 11.6 Å². The number of carbonyl (C=O) groups excluding carboxylic acids is 1. The highest BCUT2D eigenvalue weighted by Crippen LogP contribution is 2.20. The topological polar surface area (TPSA) is 93.4 Å². The van der Waals surface area contributed by atoms with Gasteiger partial charge in [-0.25, -0.2) is 13.4 Å². The number of aromatic nitrogens is 1. The minimum absolute atomic E-state index is 0.0850. The van der Waals surface area contributed by atoms with Gasteiger partial charge in [0.25, 0.3) is 5.91 Å². The Morgan fingerprint density at radius 2 is 2.00 bits per heavy atom. The minimum atomic E-state index is -3.12. The number of rotatable bonds is 4. The summed E-state index contributed by atoms with van der Waals surface area (Å²) in [6.45, 7) is 0.117. The van der Waals surface area contributed by atoms with E-state index in [1.165, 1.54) is 11.0 Å². The first kappa shape index (κ1) is 15.2. The third kappa shape index (κ3) is 3.69. The van der Waals surface area contributed by atoms with Crippen LogP contribution in [-0.2, 0) is 9.84 Å². The van der Waals surface area contributed by atoms with Gasteiger partial charge in [0.1, 0.15) is 15.5 Å². The highest BCUT2D eigenvalue weighted by molar-refractivity contribution is 7.90. The number of fused-ring (bicyclic) bond motifs is 1. The van der Waals surface area contributed by atoms with E-state index in [1.807, 2.05) is 18.2 Å². The van der Waals surface area contributed by atoms with Gasteiger partial charge in [-0.3, -0.25) is 4.79 Å². The Bertz CT molecular complexity index is 787. The van der Waals surface area contributed by atoms with Crippen LogP contribution >= 0.6 is 0 Å². The number of anilines is 1. The molecule has 0 atom stereocenters. The Hall–Kier alpha value is -2.15. The largest absolute Gasteiger partial charge is 0.398 e. The molecular formula is C14H17N3O3S. The SMILES string of the molecule is CN(CCS(C)(=O)=O)C(=O)c1cc(N)c2ccccc2n1. The fourth-order valence-electron chi connectivity index (χ4n) is 1.91. The van der Waals surface area contributed by atoms with E-state index in [0.29, 0.717) is 11.2 Å². The van der Waals surface area contributed by atoms with Crippen LogP contribution in [0.15, 0.2) is 30.3 Å². The summed E-state index contributed by atoms with van der Waals surface area (Å²) in [5.41, 5.74) is 7.25. The highest BCUT2D eigenvalue weighted by Gasteiger charge is 2.16. The Labute approximate surface area is 123 Å². The number of nitrogens with zero attached hydrogens (tertiary/aromatic N) is 2. The summed E-state index contributed by atoms with van der Waals surface area (Å²) < 4.78 is 22.3. The van der Waals surface area contributed by atoms with Crippen LogP contribution in [0.2, 0.25) is 0 Å². The number of benzene rings is 1. The number of hydrogen-bond donors (Lipinski definition) is 1. The molecule has 6 nitrogen and oxygen atoms in total. The summed E-state index contributed by atoms with van der Waals surface area (Å²) >= 11 is 0. The lowest BCUT2D eigenvalue weighted by Gasteiger charge is -2.16. The third-order valence-corrected chi connectivity index (χ3v) is 4.04. The van der Waals surface area contributed by atoms with E-state index in [4.69, 9.17) is 5.73 Å². The molecule has 0 aliphatic carbocycles. The van der Waals surface area contributed by atoms with Gasteiger partial charge in [-0.2, -0.15) is 0 Å². The van der Waals surface area contributed by atoms with Crippen molar-refractivity contribution in [2.45, 2.75) is 0 Å². The van der Waals surface area contributed by atoms with E-state index >= 15 is 0 Å². The first-order valence-electron chi connectivity index (χ1n) is 6.36. The molecular weight excluding hydrogens is 290 g/mol. The smallest absolute Gasteiger partial charge is 0.272 e. The second-order valence-corrected chi connectivity index (χ2v) is 7.23. The van der Waals surface area contributed by atoms with Crippen molar-refractivity contribution in [2.75, 3.05) is 31.3 Å². The van der Waals surface area contributed by atoms with Crippen LogP contribution in [0.1, 0.15) is 10.5 Å². The lowest BCUT2D eigenvalue weighted by Crippen LogP contribution is -2.32. The van der Waals surface area contributed by atoms with Gasteiger partial charge in [0.05, 0.1) is 11.3 Å². The maximum absolute atomic E-state index is 12.3. The molecule has 1 aromatic carbocycles. The van der Waals surface area contributed by atoms with Crippen LogP contribution < -0.4 is 5.73 Å². The lowest BCUT2D eigenvalue weighted by molar-refractivity contribution is 0.0798. The van der Waals surface area contributed by atoms with E-state index in [-0.39, 0.29) is 23.9 Å². The van der Waals surface area contributed by atoms with Gasteiger partial charge in [0.15, 0.2) is 0 Å². The molecule has 2 N–H and O–H groups in total. The average Bonchev–Trinajstić information content (AvgIpc) is 2.43. The normalized spacial score (nSPS) is 11.5. The summed E-state index contributed by atoms with van der Waals surface area (Å²) in [4.78, 5) is 17.9. The summed E-state index contributed by atoms with van der Waals surface area (Å²) in [5, 5.41) is 0.785. The number of nitrogen functional groups attached to an aromatic ring is 1. The van der Waals surface area contributed by atoms with Gasteiger partial charge in [-0.05, 0) is 12.1 Å². The number of amides is 1. The van der Waals surface area contributed by atoms with Crippen molar-refractivity contribution in [1.29, 1.82) is 0 Å². The minimum Gasteiger partial charge on any atom is -0.398 e. The maximum atomic E-state index is 12.3. The Kier molecular flexibility index (Phi) is 4.13. The van der Waals surface area contributed by atoms with E-state index in [1.54, 1.807) is 13.1 Å². The molecule has 7 heteroatoms. The molecule has 0 saturated carbocycles. The van der Waals surface area contributed by atoms with Crippen molar-refractivity contribution in [3.8, 4) is 0 Å². The van der Waals surface area contributed by atoms with Crippen LogP contribution in [0.4, 0.5) is 5.69 Å². The van der Waals surface area contributed by atoms with Crippen molar-refractivity contribution in [3.05, 3.63) is 36.0 Å². The lowest BCUT2D eigenvalue weighted by atomic mass is 10.1. The summed E-state index contributed by atoms with van der Waals surface area (Å²) in [5.74, 6) is -0.436. The Morgan fingerprint density at radius 3 is 2.67 bits per heavy atom. The second-order valence-electron chi connectivity index (χ2n) is 4.97. The monoisotopic (exact) mass is 307 g/mol. The van der Waals surface area contributed by atoms with Crippen molar-refractivity contribution in [1.82, 2.24) is 9.88 Å². The summed E-state index contributed by atoms with van der Waals surface area (Å²) in [7, 11) is -1.57. The van der Waals surface area contributed by atoms with E-state index in [9.17, 15) is 13.2 Å². The summed E-state index contributed by atoms with van der Waals surface area (Å²) in [6, 6.07) is 8.79. The molecule has 2 aromatic rings. The van der Waals surface area contributed by atoms with Crippen LogP contribution in [0.25, 0.3) is 10.9 Å². The predicted octanol–water partition coefficient (Wildman–Crippen LogP) is 0.934. The van der Waals surface area contributed by atoms with Crippen molar-refractivity contribution < 1.29 is 13.2 Å². The number of sulfone groups is 1. The molecule has 1 amide bonds. The molecule has 0 spiro atoms. The average molecular weight is 307 g/mol. The van der Waals surface area contributed by atoms with Crippen LogP contribution in [0, 0.1) is 0 Å². The first-order chi connectivity index (χ1) is 9.78. The molecule has 0 bridgehead atoms. The molecule has 0 saturated heterocycles. The molecule has 0 aliphatic heterocycles. The van der Waals surface area contributed by atoms with Crippen LogP contribution in [-0.4, -0.2) is 49.8 Å². The molecule has 0 fully saturated rings. The van der Waals surface area contributed by atoms with Gasteiger partial charge in [-0.15, -0.1) is 0 Å². The molecule has 21 heavy (non-hydrogen) atoms. The maximum Gasteiger partial charge on any atom is 0.272 e.